The third-order valence-electron chi connectivity index (χ3n) is 2.21. The summed E-state index contributed by atoms with van der Waals surface area (Å²) < 4.78 is 11.9. The molecule has 96 valence electrons. The van der Waals surface area contributed by atoms with Gasteiger partial charge in [-0.15, -0.1) is 0 Å². The van der Waals surface area contributed by atoms with E-state index in [0.717, 1.165) is 37.4 Å². The zero-order valence-corrected chi connectivity index (χ0v) is 11.8. The van der Waals surface area contributed by atoms with Crippen LogP contribution in [0.1, 0.15) is 12.5 Å². The highest BCUT2D eigenvalue weighted by Gasteiger charge is 1.94. The number of nitrogens with one attached hydrogen (secondary N) is 1. The van der Waals surface area contributed by atoms with Gasteiger partial charge in [0.05, 0.1) is 19.8 Å². The maximum Gasteiger partial charge on any atom is 0.0717 e. The summed E-state index contributed by atoms with van der Waals surface area (Å²) in [5.41, 5.74) is 1.19. The van der Waals surface area contributed by atoms with Gasteiger partial charge in [0.15, 0.2) is 0 Å². The van der Waals surface area contributed by atoms with Crippen molar-refractivity contribution in [3.63, 3.8) is 0 Å². The molecule has 1 aromatic rings. The van der Waals surface area contributed by atoms with Crippen LogP contribution < -0.4 is 5.32 Å². The molecule has 0 atom stereocenters. The van der Waals surface area contributed by atoms with Gasteiger partial charge >= 0.3 is 0 Å². The maximum atomic E-state index is 5.56. The first-order chi connectivity index (χ1) is 8.33. The fourth-order valence-corrected chi connectivity index (χ4v) is 1.82. The molecule has 17 heavy (non-hydrogen) atoms. The van der Waals surface area contributed by atoms with Gasteiger partial charge in [0.2, 0.25) is 0 Å². The molecule has 0 aromatic heterocycles. The molecule has 0 heterocycles. The number of hydrogen-bond acceptors (Lipinski definition) is 3. The van der Waals surface area contributed by atoms with E-state index in [2.05, 4.69) is 33.4 Å². The average molecular weight is 302 g/mol. The third-order valence-corrected chi connectivity index (χ3v) is 2.70. The van der Waals surface area contributed by atoms with Gasteiger partial charge in [0, 0.05) is 24.2 Å². The minimum Gasteiger partial charge on any atom is -0.380 e. The van der Waals surface area contributed by atoms with Crippen LogP contribution in [-0.4, -0.2) is 32.9 Å². The first-order valence-electron chi connectivity index (χ1n) is 5.93. The van der Waals surface area contributed by atoms with E-state index in [1.54, 1.807) is 0 Å². The van der Waals surface area contributed by atoms with Crippen LogP contribution >= 0.6 is 15.9 Å². The van der Waals surface area contributed by atoms with Crippen LogP contribution in [0, 0.1) is 0 Å². The fraction of sp³-hybridized carbons (Fsp3) is 0.538. The summed E-state index contributed by atoms with van der Waals surface area (Å²) in [5, 5.41) is 3.26. The average Bonchev–Trinajstić information content (AvgIpc) is 2.33. The predicted molar refractivity (Wildman–Crippen MR) is 73.2 cm³/mol. The molecular formula is C13H20BrNO2. The number of benzene rings is 1. The third kappa shape index (κ3) is 7.49. The summed E-state index contributed by atoms with van der Waals surface area (Å²) in [5.74, 6) is 0. The number of ether oxygens (including phenoxy) is 2. The van der Waals surface area contributed by atoms with Gasteiger partial charge in [-0.2, -0.15) is 0 Å². The van der Waals surface area contributed by atoms with E-state index in [4.69, 9.17) is 9.47 Å². The molecule has 0 spiro atoms. The predicted octanol–water partition coefficient (Wildman–Crippen LogP) is 2.59. The summed E-state index contributed by atoms with van der Waals surface area (Å²) in [4.78, 5) is 0. The zero-order chi connectivity index (χ0) is 12.3. The molecular weight excluding hydrogens is 282 g/mol. The number of rotatable bonds is 9. The van der Waals surface area contributed by atoms with Crippen LogP contribution in [0.3, 0.4) is 0 Å². The molecule has 1 rings (SSSR count). The van der Waals surface area contributed by atoms with Crippen LogP contribution in [0.2, 0.25) is 0 Å². The Balaban J connectivity index is 1.97. The second kappa shape index (κ2) is 9.59. The van der Waals surface area contributed by atoms with Crippen molar-refractivity contribution < 1.29 is 9.47 Å². The highest BCUT2D eigenvalue weighted by Crippen LogP contribution is 2.12. The molecule has 0 bridgehead atoms. The van der Waals surface area contributed by atoms with Crippen LogP contribution in [0.25, 0.3) is 0 Å². The Hall–Kier alpha value is -0.420. The smallest absolute Gasteiger partial charge is 0.0717 e. The van der Waals surface area contributed by atoms with E-state index in [1.807, 2.05) is 19.1 Å². The Morgan fingerprint density at radius 2 is 1.94 bits per heavy atom. The van der Waals surface area contributed by atoms with E-state index in [0.29, 0.717) is 6.61 Å². The van der Waals surface area contributed by atoms with Gasteiger partial charge in [-0.1, -0.05) is 28.1 Å². The van der Waals surface area contributed by atoms with Gasteiger partial charge in [-0.05, 0) is 24.6 Å². The van der Waals surface area contributed by atoms with Gasteiger partial charge in [-0.3, -0.25) is 0 Å². The highest BCUT2D eigenvalue weighted by atomic mass is 79.9. The molecule has 0 amide bonds. The molecule has 0 unspecified atom stereocenters. The van der Waals surface area contributed by atoms with Crippen molar-refractivity contribution in [3.05, 3.63) is 34.3 Å². The SMILES string of the molecule is CCOCCNCCOCc1cccc(Br)c1. The zero-order valence-electron chi connectivity index (χ0n) is 10.2. The lowest BCUT2D eigenvalue weighted by atomic mass is 10.2. The fourth-order valence-electron chi connectivity index (χ4n) is 1.37. The monoisotopic (exact) mass is 301 g/mol. The summed E-state index contributed by atoms with van der Waals surface area (Å²) >= 11 is 3.44. The number of halogens is 1. The maximum absolute atomic E-state index is 5.56. The lowest BCUT2D eigenvalue weighted by Crippen LogP contribution is -2.24. The first kappa shape index (κ1) is 14.6. The second-order valence-electron chi connectivity index (χ2n) is 3.63. The topological polar surface area (TPSA) is 30.5 Å². The van der Waals surface area contributed by atoms with Crippen molar-refractivity contribution in [3.8, 4) is 0 Å². The van der Waals surface area contributed by atoms with E-state index >= 15 is 0 Å². The standard InChI is InChI=1S/C13H20BrNO2/c1-2-16-8-6-15-7-9-17-11-12-4-3-5-13(14)10-12/h3-5,10,15H,2,6-9,11H2,1H3. The lowest BCUT2D eigenvalue weighted by Gasteiger charge is -2.06. The summed E-state index contributed by atoms with van der Waals surface area (Å²) in [6.07, 6.45) is 0. The molecule has 3 nitrogen and oxygen atoms in total. The van der Waals surface area contributed by atoms with Crippen molar-refractivity contribution in [1.82, 2.24) is 5.32 Å². The molecule has 4 heteroatoms. The number of hydrogen-bond donors (Lipinski definition) is 1. The van der Waals surface area contributed by atoms with Gasteiger partial charge in [-0.25, -0.2) is 0 Å². The van der Waals surface area contributed by atoms with Crippen molar-refractivity contribution >= 4 is 15.9 Å². The van der Waals surface area contributed by atoms with E-state index in [-0.39, 0.29) is 0 Å². The Bertz CT molecular complexity index is 307. The largest absolute Gasteiger partial charge is 0.380 e. The van der Waals surface area contributed by atoms with E-state index < -0.39 is 0 Å². The van der Waals surface area contributed by atoms with Crippen molar-refractivity contribution in [2.75, 3.05) is 32.9 Å². The molecule has 0 aliphatic carbocycles. The summed E-state index contributed by atoms with van der Waals surface area (Å²) in [6.45, 7) is 6.67. The summed E-state index contributed by atoms with van der Waals surface area (Å²) in [7, 11) is 0. The Morgan fingerprint density at radius 1 is 1.18 bits per heavy atom. The van der Waals surface area contributed by atoms with Gasteiger partial charge < -0.3 is 14.8 Å². The van der Waals surface area contributed by atoms with Crippen molar-refractivity contribution in [2.24, 2.45) is 0 Å². The molecule has 1 N–H and O–H groups in total. The van der Waals surface area contributed by atoms with Crippen molar-refractivity contribution in [1.29, 1.82) is 0 Å². The van der Waals surface area contributed by atoms with Gasteiger partial charge in [0.1, 0.15) is 0 Å². The molecule has 0 radical (unpaired) electrons. The minimum absolute atomic E-state index is 0.659. The Kier molecular flexibility index (Phi) is 8.26. The Labute approximate surface area is 112 Å². The van der Waals surface area contributed by atoms with Crippen LogP contribution in [0.15, 0.2) is 28.7 Å². The molecule has 0 aliphatic heterocycles. The molecule has 0 aliphatic rings. The van der Waals surface area contributed by atoms with Crippen LogP contribution in [-0.2, 0) is 16.1 Å². The lowest BCUT2D eigenvalue weighted by molar-refractivity contribution is 0.116. The normalized spacial score (nSPS) is 10.7. The second-order valence-corrected chi connectivity index (χ2v) is 4.55. The molecule has 0 fully saturated rings. The van der Waals surface area contributed by atoms with E-state index in [9.17, 15) is 0 Å². The summed E-state index contributed by atoms with van der Waals surface area (Å²) in [6, 6.07) is 8.16. The van der Waals surface area contributed by atoms with Crippen LogP contribution in [0.5, 0.6) is 0 Å². The van der Waals surface area contributed by atoms with E-state index in [1.165, 1.54) is 5.56 Å². The molecule has 0 saturated heterocycles. The Morgan fingerprint density at radius 3 is 2.65 bits per heavy atom. The highest BCUT2D eigenvalue weighted by molar-refractivity contribution is 9.10. The molecule has 1 aromatic carbocycles. The first-order valence-corrected chi connectivity index (χ1v) is 6.73. The van der Waals surface area contributed by atoms with Crippen molar-refractivity contribution in [2.45, 2.75) is 13.5 Å². The quantitative estimate of drug-likeness (QED) is 0.711. The van der Waals surface area contributed by atoms with Crippen LogP contribution in [0.4, 0.5) is 0 Å². The van der Waals surface area contributed by atoms with Gasteiger partial charge in [0.25, 0.3) is 0 Å². The minimum atomic E-state index is 0.659. The molecule has 0 saturated carbocycles.